The average Bonchev–Trinajstić information content (AvgIpc) is 2.35. The summed E-state index contributed by atoms with van der Waals surface area (Å²) >= 11 is 0. The summed E-state index contributed by atoms with van der Waals surface area (Å²) in [6.07, 6.45) is -3.11. The van der Waals surface area contributed by atoms with Gasteiger partial charge in [0, 0.05) is 11.1 Å². The number of rotatable bonds is 4. The summed E-state index contributed by atoms with van der Waals surface area (Å²) in [6.45, 7) is 2.44. The first-order chi connectivity index (χ1) is 9.39. The Balaban J connectivity index is 2.37. The topological polar surface area (TPSA) is 48.1 Å². The Morgan fingerprint density at radius 2 is 2.00 bits per heavy atom. The van der Waals surface area contributed by atoms with Gasteiger partial charge in [-0.15, -0.1) is 13.2 Å². The van der Waals surface area contributed by atoms with Crippen molar-refractivity contribution in [1.82, 2.24) is 4.98 Å². The van der Waals surface area contributed by atoms with E-state index in [1.54, 1.807) is 0 Å². The van der Waals surface area contributed by atoms with Crippen molar-refractivity contribution < 1.29 is 17.9 Å². The summed E-state index contributed by atoms with van der Waals surface area (Å²) in [5.74, 6) is -0.236. The van der Waals surface area contributed by atoms with Crippen LogP contribution in [0, 0.1) is 6.92 Å². The molecule has 2 N–H and O–H groups in total. The van der Waals surface area contributed by atoms with Crippen molar-refractivity contribution in [2.45, 2.75) is 26.1 Å². The maximum absolute atomic E-state index is 12.2. The molecule has 6 heteroatoms. The number of hydrogen-bond donors (Lipinski definition) is 1. The highest BCUT2D eigenvalue weighted by atomic mass is 19.4. The van der Waals surface area contributed by atoms with Crippen LogP contribution in [0.5, 0.6) is 5.75 Å². The van der Waals surface area contributed by atoms with Crippen LogP contribution in [0.15, 0.2) is 24.3 Å². The SMILES string of the molecule is Cc1nc2ccc(OC(F)(F)F)cc2cc1CCCN. The lowest BCUT2D eigenvalue weighted by Gasteiger charge is -2.11. The number of pyridine rings is 1. The molecule has 3 nitrogen and oxygen atoms in total. The molecular weight excluding hydrogens is 269 g/mol. The molecule has 0 aliphatic rings. The third-order valence-electron chi connectivity index (χ3n) is 2.97. The summed E-state index contributed by atoms with van der Waals surface area (Å²) in [5.41, 5.74) is 7.98. The van der Waals surface area contributed by atoms with E-state index in [4.69, 9.17) is 5.73 Å². The van der Waals surface area contributed by atoms with Crippen LogP contribution >= 0.6 is 0 Å². The summed E-state index contributed by atoms with van der Waals surface area (Å²) in [6, 6.07) is 5.98. The van der Waals surface area contributed by atoms with Gasteiger partial charge in [-0.05, 0) is 56.1 Å². The number of nitrogens with two attached hydrogens (primary N) is 1. The van der Waals surface area contributed by atoms with Crippen molar-refractivity contribution >= 4 is 10.9 Å². The molecule has 1 heterocycles. The molecule has 0 aliphatic heterocycles. The average molecular weight is 284 g/mol. The van der Waals surface area contributed by atoms with E-state index in [9.17, 15) is 13.2 Å². The van der Waals surface area contributed by atoms with Crippen molar-refractivity contribution in [2.75, 3.05) is 6.54 Å². The Labute approximate surface area is 114 Å². The van der Waals surface area contributed by atoms with Gasteiger partial charge in [0.05, 0.1) is 5.52 Å². The molecule has 0 spiro atoms. The Morgan fingerprint density at radius 1 is 1.25 bits per heavy atom. The highest BCUT2D eigenvalue weighted by Crippen LogP contribution is 2.27. The second-order valence-corrected chi connectivity index (χ2v) is 4.53. The first kappa shape index (κ1) is 14.6. The number of hydrogen-bond acceptors (Lipinski definition) is 3. The van der Waals surface area contributed by atoms with Gasteiger partial charge < -0.3 is 10.5 Å². The minimum absolute atomic E-state index is 0.236. The van der Waals surface area contributed by atoms with Crippen LogP contribution in [0.3, 0.4) is 0 Å². The molecule has 0 amide bonds. The van der Waals surface area contributed by atoms with Gasteiger partial charge in [0.15, 0.2) is 0 Å². The minimum Gasteiger partial charge on any atom is -0.406 e. The molecule has 0 fully saturated rings. The lowest BCUT2D eigenvalue weighted by molar-refractivity contribution is -0.274. The van der Waals surface area contributed by atoms with E-state index in [1.165, 1.54) is 18.2 Å². The zero-order chi connectivity index (χ0) is 14.8. The fourth-order valence-electron chi connectivity index (χ4n) is 2.04. The summed E-state index contributed by atoms with van der Waals surface area (Å²) in [7, 11) is 0. The van der Waals surface area contributed by atoms with Crippen molar-refractivity contribution in [2.24, 2.45) is 5.73 Å². The van der Waals surface area contributed by atoms with Crippen LogP contribution in [-0.2, 0) is 6.42 Å². The van der Waals surface area contributed by atoms with Crippen LogP contribution in [-0.4, -0.2) is 17.9 Å². The lowest BCUT2D eigenvalue weighted by Crippen LogP contribution is -2.17. The third kappa shape index (κ3) is 3.60. The van der Waals surface area contributed by atoms with E-state index in [0.29, 0.717) is 17.4 Å². The van der Waals surface area contributed by atoms with Crippen LogP contribution in [0.1, 0.15) is 17.7 Å². The van der Waals surface area contributed by atoms with Crippen LogP contribution in [0.2, 0.25) is 0 Å². The molecule has 0 unspecified atom stereocenters. The number of alkyl halides is 3. The molecule has 0 saturated carbocycles. The van der Waals surface area contributed by atoms with Gasteiger partial charge in [-0.1, -0.05) is 0 Å². The van der Waals surface area contributed by atoms with Gasteiger partial charge in [0.25, 0.3) is 0 Å². The maximum Gasteiger partial charge on any atom is 0.573 e. The molecule has 2 rings (SSSR count). The smallest absolute Gasteiger partial charge is 0.406 e. The predicted molar refractivity (Wildman–Crippen MR) is 70.5 cm³/mol. The molecule has 20 heavy (non-hydrogen) atoms. The molecule has 0 saturated heterocycles. The fourth-order valence-corrected chi connectivity index (χ4v) is 2.04. The maximum atomic E-state index is 12.2. The van der Waals surface area contributed by atoms with Gasteiger partial charge in [0.2, 0.25) is 0 Å². The molecule has 1 aromatic heterocycles. The third-order valence-corrected chi connectivity index (χ3v) is 2.97. The zero-order valence-electron chi connectivity index (χ0n) is 11.0. The molecular formula is C14H15F3N2O. The van der Waals surface area contributed by atoms with Gasteiger partial charge in [-0.2, -0.15) is 0 Å². The Hall–Kier alpha value is -1.82. The van der Waals surface area contributed by atoms with E-state index in [1.807, 2.05) is 13.0 Å². The predicted octanol–water partition coefficient (Wildman–Crippen LogP) is 3.33. The Bertz CT molecular complexity index is 611. The zero-order valence-corrected chi connectivity index (χ0v) is 11.0. The minimum atomic E-state index is -4.69. The lowest BCUT2D eigenvalue weighted by atomic mass is 10.1. The van der Waals surface area contributed by atoms with Crippen molar-refractivity contribution in [3.05, 3.63) is 35.5 Å². The van der Waals surface area contributed by atoms with Gasteiger partial charge in [-0.3, -0.25) is 4.98 Å². The first-order valence-electron chi connectivity index (χ1n) is 6.25. The molecule has 0 atom stereocenters. The van der Waals surface area contributed by atoms with Crippen molar-refractivity contribution in [1.29, 1.82) is 0 Å². The Kier molecular flexibility index (Phi) is 4.13. The molecule has 0 bridgehead atoms. The number of fused-ring (bicyclic) bond motifs is 1. The number of benzene rings is 1. The molecule has 108 valence electrons. The molecule has 0 aliphatic carbocycles. The molecule has 1 aromatic carbocycles. The highest BCUT2D eigenvalue weighted by Gasteiger charge is 2.31. The monoisotopic (exact) mass is 284 g/mol. The van der Waals surface area contributed by atoms with E-state index in [-0.39, 0.29) is 5.75 Å². The fraction of sp³-hybridized carbons (Fsp3) is 0.357. The second kappa shape index (κ2) is 5.66. The van der Waals surface area contributed by atoms with E-state index in [0.717, 1.165) is 24.1 Å². The molecule has 0 radical (unpaired) electrons. The van der Waals surface area contributed by atoms with Crippen molar-refractivity contribution in [3.8, 4) is 5.75 Å². The number of halogens is 3. The Morgan fingerprint density at radius 3 is 2.65 bits per heavy atom. The van der Waals surface area contributed by atoms with Crippen LogP contribution in [0.4, 0.5) is 13.2 Å². The first-order valence-corrected chi connectivity index (χ1v) is 6.25. The standard InChI is InChI=1S/C14H15F3N2O/c1-9-10(3-2-6-18)7-11-8-12(20-14(15,16)17)4-5-13(11)19-9/h4-5,7-8H,2-3,6,18H2,1H3. The number of aromatic nitrogens is 1. The normalized spacial score (nSPS) is 11.8. The van der Waals surface area contributed by atoms with Gasteiger partial charge in [-0.25, -0.2) is 0 Å². The quantitative estimate of drug-likeness (QED) is 0.936. The summed E-state index contributed by atoms with van der Waals surface area (Å²) in [5, 5.41) is 0.629. The number of aryl methyl sites for hydroxylation is 2. The van der Waals surface area contributed by atoms with Crippen LogP contribution in [0.25, 0.3) is 10.9 Å². The highest BCUT2D eigenvalue weighted by molar-refractivity contribution is 5.81. The number of ether oxygens (including phenoxy) is 1. The second-order valence-electron chi connectivity index (χ2n) is 4.53. The van der Waals surface area contributed by atoms with Crippen LogP contribution < -0.4 is 10.5 Å². The largest absolute Gasteiger partial charge is 0.573 e. The number of nitrogens with zero attached hydrogens (tertiary/aromatic N) is 1. The van der Waals surface area contributed by atoms with Gasteiger partial charge in [0.1, 0.15) is 5.75 Å². The van der Waals surface area contributed by atoms with Crippen molar-refractivity contribution in [3.63, 3.8) is 0 Å². The van der Waals surface area contributed by atoms with E-state index >= 15 is 0 Å². The summed E-state index contributed by atoms with van der Waals surface area (Å²) < 4.78 is 40.5. The molecule has 2 aromatic rings. The van der Waals surface area contributed by atoms with E-state index in [2.05, 4.69) is 9.72 Å². The summed E-state index contributed by atoms with van der Waals surface area (Å²) in [4.78, 5) is 4.39. The van der Waals surface area contributed by atoms with E-state index < -0.39 is 6.36 Å². The van der Waals surface area contributed by atoms with Gasteiger partial charge >= 0.3 is 6.36 Å².